The molecule has 1 aliphatic heterocycles. The molecule has 0 bridgehead atoms. The molecule has 0 aliphatic carbocycles. The second kappa shape index (κ2) is 4.90. The summed E-state index contributed by atoms with van der Waals surface area (Å²) < 4.78 is 3.20. The number of hydrogen-bond donors (Lipinski definition) is 1. The number of hydrogen-bond acceptors (Lipinski definition) is 3. The van der Waals surface area contributed by atoms with Crippen molar-refractivity contribution in [3.63, 3.8) is 0 Å². The van der Waals surface area contributed by atoms with Gasteiger partial charge in [0.15, 0.2) is 5.78 Å². The van der Waals surface area contributed by atoms with E-state index in [1.165, 1.54) is 0 Å². The zero-order chi connectivity index (χ0) is 14.3. The van der Waals surface area contributed by atoms with Gasteiger partial charge in [0.05, 0.1) is 11.0 Å². The van der Waals surface area contributed by atoms with Gasteiger partial charge in [-0.2, -0.15) is 0 Å². The third-order valence-corrected chi connectivity index (χ3v) is 4.27. The van der Waals surface area contributed by atoms with Crippen molar-refractivity contribution in [1.82, 2.24) is 14.5 Å². The number of carbonyl (C=O) groups excluding carboxylic acids is 1. The highest BCUT2D eigenvalue weighted by Gasteiger charge is 2.22. The monoisotopic (exact) mass is 273 g/mol. The highest BCUT2D eigenvalue weighted by atomic mass is 16.1. The number of fused-ring (bicyclic) bond motifs is 1. The lowest BCUT2D eigenvalue weighted by atomic mass is 9.89. The fraction of sp³-hybridized carbons (Fsp3) is 0.467. The van der Waals surface area contributed by atoms with Crippen molar-refractivity contribution in [3.05, 3.63) is 34.2 Å². The Morgan fingerprint density at radius 2 is 1.80 bits per heavy atom. The average molecular weight is 273 g/mol. The molecule has 106 valence electrons. The quantitative estimate of drug-likeness (QED) is 0.832. The zero-order valence-electron chi connectivity index (χ0n) is 11.8. The first-order valence-corrected chi connectivity index (χ1v) is 7.00. The highest BCUT2D eigenvalue weighted by Crippen LogP contribution is 2.21. The summed E-state index contributed by atoms with van der Waals surface area (Å²) in [4.78, 5) is 24.4. The summed E-state index contributed by atoms with van der Waals surface area (Å²) in [5, 5.41) is 3.27. The molecule has 0 radical (unpaired) electrons. The first kappa shape index (κ1) is 13.1. The molecule has 20 heavy (non-hydrogen) atoms. The topological polar surface area (TPSA) is 56.0 Å². The molecule has 0 atom stereocenters. The molecule has 0 amide bonds. The van der Waals surface area contributed by atoms with Crippen molar-refractivity contribution in [2.45, 2.75) is 12.8 Å². The summed E-state index contributed by atoms with van der Waals surface area (Å²) in [5.41, 5.74) is 2.33. The van der Waals surface area contributed by atoms with Crippen LogP contribution in [0.15, 0.2) is 23.0 Å². The number of ketones is 1. The molecule has 0 saturated carbocycles. The summed E-state index contributed by atoms with van der Waals surface area (Å²) >= 11 is 0. The standard InChI is InChI=1S/C15H19N3O2/c1-17-12-4-3-11(9-13(12)18(2)15(17)20)14(19)10-5-7-16-8-6-10/h3-4,9-10,16H,5-8H2,1-2H3. The fourth-order valence-corrected chi connectivity index (χ4v) is 2.98. The van der Waals surface area contributed by atoms with E-state index in [0.29, 0.717) is 5.56 Å². The number of nitrogens with one attached hydrogen (secondary N) is 1. The minimum Gasteiger partial charge on any atom is -0.317 e. The Morgan fingerprint density at radius 3 is 2.50 bits per heavy atom. The number of piperidine rings is 1. The predicted molar refractivity (Wildman–Crippen MR) is 78.1 cm³/mol. The van der Waals surface area contributed by atoms with Gasteiger partial charge in [0, 0.05) is 25.6 Å². The third kappa shape index (κ3) is 1.98. The molecular weight excluding hydrogens is 254 g/mol. The van der Waals surface area contributed by atoms with Crippen molar-refractivity contribution < 1.29 is 4.79 Å². The first-order chi connectivity index (χ1) is 9.59. The van der Waals surface area contributed by atoms with Crippen LogP contribution in [0.3, 0.4) is 0 Å². The van der Waals surface area contributed by atoms with E-state index in [1.807, 2.05) is 18.2 Å². The van der Waals surface area contributed by atoms with Gasteiger partial charge in [-0.1, -0.05) is 0 Å². The van der Waals surface area contributed by atoms with Crippen LogP contribution in [-0.4, -0.2) is 28.0 Å². The molecule has 1 aliphatic rings. The van der Waals surface area contributed by atoms with Gasteiger partial charge in [-0.15, -0.1) is 0 Å². The highest BCUT2D eigenvalue weighted by molar-refractivity contribution is 6.00. The van der Waals surface area contributed by atoms with Gasteiger partial charge >= 0.3 is 5.69 Å². The molecule has 0 spiro atoms. The van der Waals surface area contributed by atoms with E-state index in [4.69, 9.17) is 0 Å². The van der Waals surface area contributed by atoms with E-state index in [1.54, 1.807) is 23.2 Å². The maximum Gasteiger partial charge on any atom is 0.328 e. The van der Waals surface area contributed by atoms with Crippen molar-refractivity contribution in [3.8, 4) is 0 Å². The Bertz CT molecular complexity index is 721. The van der Waals surface area contributed by atoms with Crippen LogP contribution in [-0.2, 0) is 14.1 Å². The number of aromatic nitrogens is 2. The number of nitrogens with zero attached hydrogens (tertiary/aromatic N) is 2. The minimum absolute atomic E-state index is 0.0635. The van der Waals surface area contributed by atoms with E-state index in [2.05, 4.69) is 5.32 Å². The Balaban J connectivity index is 2.02. The van der Waals surface area contributed by atoms with Crippen LogP contribution in [0.2, 0.25) is 0 Å². The average Bonchev–Trinajstić information content (AvgIpc) is 2.72. The maximum atomic E-state index is 12.5. The molecule has 1 aromatic carbocycles. The van der Waals surface area contributed by atoms with Gasteiger partial charge in [0.1, 0.15) is 0 Å². The Labute approximate surface area is 117 Å². The molecule has 5 nitrogen and oxygen atoms in total. The van der Waals surface area contributed by atoms with Crippen molar-refractivity contribution >= 4 is 16.8 Å². The van der Waals surface area contributed by atoms with Crippen molar-refractivity contribution in [2.24, 2.45) is 20.0 Å². The van der Waals surface area contributed by atoms with Gasteiger partial charge in [0.25, 0.3) is 0 Å². The second-order valence-electron chi connectivity index (χ2n) is 5.49. The molecule has 1 fully saturated rings. The van der Waals surface area contributed by atoms with Crippen LogP contribution >= 0.6 is 0 Å². The van der Waals surface area contributed by atoms with E-state index >= 15 is 0 Å². The third-order valence-electron chi connectivity index (χ3n) is 4.27. The molecule has 1 N–H and O–H groups in total. The number of benzene rings is 1. The molecule has 0 unspecified atom stereocenters. The van der Waals surface area contributed by atoms with E-state index in [9.17, 15) is 9.59 Å². The van der Waals surface area contributed by atoms with E-state index in [0.717, 1.165) is 37.0 Å². The zero-order valence-corrected chi connectivity index (χ0v) is 11.8. The first-order valence-electron chi connectivity index (χ1n) is 7.00. The van der Waals surface area contributed by atoms with Gasteiger partial charge in [0.2, 0.25) is 0 Å². The van der Waals surface area contributed by atoms with Crippen LogP contribution in [0, 0.1) is 5.92 Å². The van der Waals surface area contributed by atoms with E-state index < -0.39 is 0 Å². The summed E-state index contributed by atoms with van der Waals surface area (Å²) in [6, 6.07) is 5.55. The summed E-state index contributed by atoms with van der Waals surface area (Å²) in [6.07, 6.45) is 1.79. The normalized spacial score (nSPS) is 16.7. The molecule has 5 heteroatoms. The molecule has 3 rings (SSSR count). The number of carbonyl (C=O) groups is 1. The van der Waals surface area contributed by atoms with E-state index in [-0.39, 0.29) is 17.4 Å². The Morgan fingerprint density at radius 1 is 1.15 bits per heavy atom. The summed E-state index contributed by atoms with van der Waals surface area (Å²) in [6.45, 7) is 1.81. The molecule has 1 aromatic heterocycles. The van der Waals surface area contributed by atoms with Crippen LogP contribution in [0.25, 0.3) is 11.0 Å². The summed E-state index contributed by atoms with van der Waals surface area (Å²) in [7, 11) is 3.49. The largest absolute Gasteiger partial charge is 0.328 e. The lowest BCUT2D eigenvalue weighted by molar-refractivity contribution is 0.0895. The van der Waals surface area contributed by atoms with Gasteiger partial charge in [-0.3, -0.25) is 13.9 Å². The van der Waals surface area contributed by atoms with Crippen LogP contribution in [0.5, 0.6) is 0 Å². The van der Waals surface area contributed by atoms with Gasteiger partial charge in [-0.25, -0.2) is 4.79 Å². The van der Waals surface area contributed by atoms with Crippen molar-refractivity contribution in [1.29, 1.82) is 0 Å². The molecule has 2 heterocycles. The lowest BCUT2D eigenvalue weighted by Gasteiger charge is -2.21. The molecular formula is C15H19N3O2. The van der Waals surface area contributed by atoms with Crippen LogP contribution < -0.4 is 11.0 Å². The predicted octanol–water partition coefficient (Wildman–Crippen LogP) is 1.06. The molecule has 1 saturated heterocycles. The van der Waals surface area contributed by atoms with Crippen LogP contribution in [0.1, 0.15) is 23.2 Å². The van der Waals surface area contributed by atoms with Crippen molar-refractivity contribution in [2.75, 3.05) is 13.1 Å². The smallest absolute Gasteiger partial charge is 0.317 e. The fourth-order valence-electron chi connectivity index (χ4n) is 2.98. The minimum atomic E-state index is -0.0635. The lowest BCUT2D eigenvalue weighted by Crippen LogP contribution is -2.31. The maximum absolute atomic E-state index is 12.5. The summed E-state index contributed by atoms with van der Waals surface area (Å²) in [5.74, 6) is 0.305. The Kier molecular flexibility index (Phi) is 3.22. The second-order valence-corrected chi connectivity index (χ2v) is 5.49. The number of Topliss-reactive ketones (excluding diaryl/α,β-unsaturated/α-hetero) is 1. The molecule has 2 aromatic rings. The van der Waals surface area contributed by atoms with Gasteiger partial charge in [-0.05, 0) is 44.1 Å². The number of rotatable bonds is 2. The van der Waals surface area contributed by atoms with Crippen LogP contribution in [0.4, 0.5) is 0 Å². The van der Waals surface area contributed by atoms with Gasteiger partial charge < -0.3 is 5.32 Å². The number of imidazole rings is 1. The Hall–Kier alpha value is -1.88. The SMILES string of the molecule is Cn1c(=O)n(C)c2cc(C(=O)C3CCNCC3)ccc21. The number of aryl methyl sites for hydroxylation is 2.